The average Bonchev–Trinajstić information content (AvgIpc) is 2.46. The third-order valence-electron chi connectivity index (χ3n) is 2.83. The smallest absolute Gasteiger partial charge is 0.216 e. The van der Waals surface area contributed by atoms with Gasteiger partial charge in [-0.2, -0.15) is 0 Å². The van der Waals surface area contributed by atoms with Crippen molar-refractivity contribution in [1.82, 2.24) is 9.71 Å². The third-order valence-corrected chi connectivity index (χ3v) is 4.32. The number of nitrogens with one attached hydrogen (secondary N) is 1. The Balaban J connectivity index is 2.10. The Kier molecular flexibility index (Phi) is 5.00. The summed E-state index contributed by atoms with van der Waals surface area (Å²) < 4.78 is 26.8. The molecule has 0 aliphatic carbocycles. The summed E-state index contributed by atoms with van der Waals surface area (Å²) in [6.07, 6.45) is 1.62. The first-order chi connectivity index (χ1) is 9.98. The molecule has 7 heteroatoms. The van der Waals surface area contributed by atoms with Crippen LogP contribution in [-0.2, 0) is 22.3 Å². The second-order valence-electron chi connectivity index (χ2n) is 4.42. The molecule has 2 rings (SSSR count). The van der Waals surface area contributed by atoms with E-state index in [9.17, 15) is 8.42 Å². The molecule has 0 fully saturated rings. The number of pyridine rings is 1. The second-order valence-corrected chi connectivity index (χ2v) is 6.67. The van der Waals surface area contributed by atoms with Crippen LogP contribution in [0.1, 0.15) is 16.8 Å². The molecule has 110 valence electrons. The predicted molar refractivity (Wildman–Crippen MR) is 86.0 cm³/mol. The van der Waals surface area contributed by atoms with Gasteiger partial charge in [0.25, 0.3) is 0 Å². The van der Waals surface area contributed by atoms with Crippen molar-refractivity contribution in [3.63, 3.8) is 0 Å². The molecule has 0 bridgehead atoms. The molecule has 5 nitrogen and oxygen atoms in total. The van der Waals surface area contributed by atoms with E-state index in [1.54, 1.807) is 48.7 Å². The van der Waals surface area contributed by atoms with E-state index >= 15 is 0 Å². The van der Waals surface area contributed by atoms with Gasteiger partial charge in [0.05, 0.1) is 18.0 Å². The van der Waals surface area contributed by atoms with Gasteiger partial charge in [-0.25, -0.2) is 13.1 Å². The fourth-order valence-corrected chi connectivity index (χ4v) is 3.16. The SMILES string of the molecule is NC(=S)c1ccccc1CS(=O)(=O)NCc1ccccn1. The molecule has 0 spiro atoms. The van der Waals surface area contributed by atoms with Gasteiger partial charge in [0.15, 0.2) is 0 Å². The van der Waals surface area contributed by atoms with Crippen LogP contribution in [0.5, 0.6) is 0 Å². The fraction of sp³-hybridized carbons (Fsp3) is 0.143. The van der Waals surface area contributed by atoms with Crippen LogP contribution in [0.25, 0.3) is 0 Å². The Morgan fingerprint density at radius 1 is 1.19 bits per heavy atom. The number of hydrogen-bond acceptors (Lipinski definition) is 4. The molecule has 1 aromatic heterocycles. The molecule has 0 unspecified atom stereocenters. The van der Waals surface area contributed by atoms with Crippen molar-refractivity contribution in [3.05, 3.63) is 65.5 Å². The Bertz CT molecular complexity index is 731. The Hall–Kier alpha value is -1.83. The number of nitrogens with zero attached hydrogens (tertiary/aromatic N) is 1. The largest absolute Gasteiger partial charge is 0.389 e. The molecule has 0 saturated carbocycles. The standard InChI is InChI=1S/C14H15N3O2S2/c15-14(20)13-7-2-1-5-11(13)10-21(18,19)17-9-12-6-3-4-8-16-12/h1-8,17H,9-10H2,(H2,15,20). The lowest BCUT2D eigenvalue weighted by molar-refractivity contribution is 0.579. The van der Waals surface area contributed by atoms with Gasteiger partial charge >= 0.3 is 0 Å². The molecule has 2 aromatic rings. The zero-order valence-electron chi connectivity index (χ0n) is 11.2. The van der Waals surface area contributed by atoms with Gasteiger partial charge in [0, 0.05) is 11.8 Å². The minimum atomic E-state index is -3.49. The van der Waals surface area contributed by atoms with Crippen molar-refractivity contribution >= 4 is 27.2 Å². The molecular formula is C14H15N3O2S2. The highest BCUT2D eigenvalue weighted by molar-refractivity contribution is 7.88. The lowest BCUT2D eigenvalue weighted by atomic mass is 10.1. The number of aromatic nitrogens is 1. The number of thiocarbonyl (C=S) groups is 1. The average molecular weight is 321 g/mol. The predicted octanol–water partition coefficient (Wildman–Crippen LogP) is 1.34. The summed E-state index contributed by atoms with van der Waals surface area (Å²) in [7, 11) is -3.49. The number of nitrogens with two attached hydrogens (primary N) is 1. The van der Waals surface area contributed by atoms with Crippen LogP contribution in [0.15, 0.2) is 48.7 Å². The molecule has 0 atom stereocenters. The van der Waals surface area contributed by atoms with E-state index in [1.807, 2.05) is 0 Å². The molecule has 1 heterocycles. The van der Waals surface area contributed by atoms with Crippen molar-refractivity contribution in [3.8, 4) is 0 Å². The van der Waals surface area contributed by atoms with E-state index in [-0.39, 0.29) is 17.3 Å². The van der Waals surface area contributed by atoms with Crippen LogP contribution >= 0.6 is 12.2 Å². The number of sulfonamides is 1. The van der Waals surface area contributed by atoms with E-state index in [4.69, 9.17) is 18.0 Å². The van der Waals surface area contributed by atoms with Crippen LogP contribution in [0.4, 0.5) is 0 Å². The maximum atomic E-state index is 12.1. The van der Waals surface area contributed by atoms with Crippen molar-refractivity contribution in [2.75, 3.05) is 0 Å². The molecule has 0 aliphatic heterocycles. The maximum absolute atomic E-state index is 12.1. The molecule has 0 aliphatic rings. The topological polar surface area (TPSA) is 85.1 Å². The van der Waals surface area contributed by atoms with E-state index in [1.165, 1.54) is 0 Å². The van der Waals surface area contributed by atoms with Crippen LogP contribution in [-0.4, -0.2) is 18.4 Å². The minimum Gasteiger partial charge on any atom is -0.389 e. The lowest BCUT2D eigenvalue weighted by Crippen LogP contribution is -2.26. The summed E-state index contributed by atoms with van der Waals surface area (Å²) in [6.45, 7) is 0.151. The van der Waals surface area contributed by atoms with Gasteiger partial charge in [0.2, 0.25) is 10.0 Å². The van der Waals surface area contributed by atoms with Crippen LogP contribution < -0.4 is 10.5 Å². The zero-order valence-corrected chi connectivity index (χ0v) is 12.8. The molecule has 3 N–H and O–H groups in total. The van der Waals surface area contributed by atoms with E-state index < -0.39 is 10.0 Å². The summed E-state index contributed by atoms with van der Waals surface area (Å²) >= 11 is 4.93. The van der Waals surface area contributed by atoms with Crippen molar-refractivity contribution in [1.29, 1.82) is 0 Å². The molecular weight excluding hydrogens is 306 g/mol. The highest BCUT2D eigenvalue weighted by atomic mass is 32.2. The summed E-state index contributed by atoms with van der Waals surface area (Å²) in [5.41, 5.74) is 7.42. The van der Waals surface area contributed by atoms with Gasteiger partial charge in [-0.1, -0.05) is 42.5 Å². The van der Waals surface area contributed by atoms with Gasteiger partial charge in [-0.15, -0.1) is 0 Å². The maximum Gasteiger partial charge on any atom is 0.216 e. The summed E-state index contributed by atoms with van der Waals surface area (Å²) in [4.78, 5) is 4.25. The molecule has 0 radical (unpaired) electrons. The third kappa shape index (κ3) is 4.59. The van der Waals surface area contributed by atoms with Gasteiger partial charge in [-0.05, 0) is 17.7 Å². The first-order valence-electron chi connectivity index (χ1n) is 6.23. The minimum absolute atomic E-state index is 0.151. The van der Waals surface area contributed by atoms with E-state index in [2.05, 4.69) is 9.71 Å². The fourth-order valence-electron chi connectivity index (χ4n) is 1.83. The Morgan fingerprint density at radius 2 is 1.90 bits per heavy atom. The van der Waals surface area contributed by atoms with Crippen LogP contribution in [0.3, 0.4) is 0 Å². The number of rotatable bonds is 6. The summed E-state index contributed by atoms with van der Waals surface area (Å²) in [5, 5.41) is 0. The highest BCUT2D eigenvalue weighted by Crippen LogP contribution is 2.12. The van der Waals surface area contributed by atoms with Crippen LogP contribution in [0, 0.1) is 0 Å². The lowest BCUT2D eigenvalue weighted by Gasteiger charge is -2.10. The first kappa shape index (κ1) is 15.6. The van der Waals surface area contributed by atoms with E-state index in [0.29, 0.717) is 16.8 Å². The monoisotopic (exact) mass is 321 g/mol. The molecule has 21 heavy (non-hydrogen) atoms. The Morgan fingerprint density at radius 3 is 2.57 bits per heavy atom. The zero-order chi connectivity index (χ0) is 15.3. The Labute approximate surface area is 129 Å². The van der Waals surface area contributed by atoms with Crippen molar-refractivity contribution in [2.45, 2.75) is 12.3 Å². The molecule has 0 amide bonds. The summed E-state index contributed by atoms with van der Waals surface area (Å²) in [6, 6.07) is 12.3. The van der Waals surface area contributed by atoms with E-state index in [0.717, 1.165) is 0 Å². The van der Waals surface area contributed by atoms with Crippen LogP contribution in [0.2, 0.25) is 0 Å². The van der Waals surface area contributed by atoms with Gasteiger partial charge in [-0.3, -0.25) is 4.98 Å². The van der Waals surface area contributed by atoms with Gasteiger partial charge < -0.3 is 5.73 Å². The number of benzene rings is 1. The summed E-state index contributed by atoms with van der Waals surface area (Å²) in [5.74, 6) is -0.173. The highest BCUT2D eigenvalue weighted by Gasteiger charge is 2.15. The van der Waals surface area contributed by atoms with Crippen molar-refractivity contribution < 1.29 is 8.42 Å². The van der Waals surface area contributed by atoms with Gasteiger partial charge in [0.1, 0.15) is 4.99 Å². The number of hydrogen-bond donors (Lipinski definition) is 2. The normalized spacial score (nSPS) is 11.2. The van der Waals surface area contributed by atoms with Crippen molar-refractivity contribution in [2.24, 2.45) is 5.73 Å². The molecule has 0 saturated heterocycles. The second kappa shape index (κ2) is 6.75. The quantitative estimate of drug-likeness (QED) is 0.784. The first-order valence-corrected chi connectivity index (χ1v) is 8.29. The molecule has 1 aromatic carbocycles.